The molecule has 0 saturated carbocycles. The summed E-state index contributed by atoms with van der Waals surface area (Å²) in [6, 6.07) is 58.9. The van der Waals surface area contributed by atoms with Gasteiger partial charge in [-0.15, -0.1) is 0 Å². The molecule has 1 aliphatic carbocycles. The molecule has 0 fully saturated rings. The van der Waals surface area contributed by atoms with E-state index in [1.165, 1.54) is 32.9 Å². The zero-order chi connectivity index (χ0) is 34.2. The Morgan fingerprint density at radius 3 is 2.04 bits per heavy atom. The van der Waals surface area contributed by atoms with Gasteiger partial charge in [0, 0.05) is 44.6 Å². The van der Waals surface area contributed by atoms with Crippen molar-refractivity contribution in [2.24, 2.45) is 5.92 Å². The Labute approximate surface area is 302 Å². The highest BCUT2D eigenvalue weighted by molar-refractivity contribution is 6.13. The van der Waals surface area contributed by atoms with Crippen LogP contribution in [0.15, 0.2) is 188 Å². The third kappa shape index (κ3) is 4.08. The van der Waals surface area contributed by atoms with E-state index in [1.807, 2.05) is 0 Å². The first kappa shape index (κ1) is 29.2. The predicted molar refractivity (Wildman–Crippen MR) is 210 cm³/mol. The van der Waals surface area contributed by atoms with Crippen LogP contribution in [0.2, 0.25) is 0 Å². The maximum Gasteiger partial charge on any atom is 0.132 e. The van der Waals surface area contributed by atoms with Gasteiger partial charge in [-0.25, -0.2) is 0 Å². The maximum absolute atomic E-state index is 7.12. The normalized spacial score (nSPS) is 18.2. The van der Waals surface area contributed by atoms with Crippen molar-refractivity contribution in [2.75, 3.05) is 0 Å². The molecular weight excluding hydrogens is 635 g/mol. The van der Waals surface area contributed by atoms with Gasteiger partial charge < -0.3 is 14.0 Å². The first-order valence-electron chi connectivity index (χ1n) is 18.0. The van der Waals surface area contributed by atoms with Crippen LogP contribution in [-0.2, 0) is 5.41 Å². The monoisotopic (exact) mass is 667 g/mol. The molecule has 3 heteroatoms. The van der Waals surface area contributed by atoms with Crippen LogP contribution in [0.1, 0.15) is 23.1 Å². The zero-order valence-corrected chi connectivity index (χ0v) is 28.4. The highest BCUT2D eigenvalue weighted by atomic mass is 16.5. The van der Waals surface area contributed by atoms with E-state index < -0.39 is 5.41 Å². The SMILES string of the molecule is C1=CCC2C(=C1)Oc1ccccc1C21c2ccc(-c3ccccc3)cc2Oc2cc(-c3cccc4c5ccccc5n(-c5ccccc5)c34)ccc21. The summed E-state index contributed by atoms with van der Waals surface area (Å²) in [5, 5.41) is 2.47. The van der Waals surface area contributed by atoms with Crippen molar-refractivity contribution in [3.8, 4) is 45.2 Å². The van der Waals surface area contributed by atoms with Crippen LogP contribution in [0.3, 0.4) is 0 Å². The number of aromatic nitrogens is 1. The van der Waals surface area contributed by atoms with Crippen LogP contribution >= 0.6 is 0 Å². The van der Waals surface area contributed by atoms with Crippen LogP contribution in [-0.4, -0.2) is 4.57 Å². The summed E-state index contributed by atoms with van der Waals surface area (Å²) in [4.78, 5) is 0. The van der Waals surface area contributed by atoms with Gasteiger partial charge in [-0.2, -0.15) is 0 Å². The Morgan fingerprint density at radius 1 is 0.519 bits per heavy atom. The molecule has 0 radical (unpaired) electrons. The number of nitrogens with zero attached hydrogens (tertiary/aromatic N) is 1. The molecule has 3 heterocycles. The molecule has 3 aliphatic rings. The van der Waals surface area contributed by atoms with E-state index in [1.54, 1.807) is 0 Å². The fourth-order valence-electron chi connectivity index (χ4n) is 9.17. The van der Waals surface area contributed by atoms with E-state index in [0.29, 0.717) is 0 Å². The van der Waals surface area contributed by atoms with Gasteiger partial charge in [0.2, 0.25) is 0 Å². The third-order valence-corrected chi connectivity index (χ3v) is 11.3. The number of fused-ring (bicyclic) bond motifs is 11. The standard InChI is InChI=1S/C49H33NO2/c1-3-14-32(15-4-1)33-26-28-41-46(30-33)52-47-31-34(27-29-42(47)49(41)39-21-8-11-24-44(39)51-45-25-12-9-22-40(45)49)36-19-13-20-38-37-18-7-10-23-43(37)50(48(36)38)35-16-5-2-6-17-35/h1-21,23-31,40H,22H2. The van der Waals surface area contributed by atoms with Crippen molar-refractivity contribution < 1.29 is 9.47 Å². The lowest BCUT2D eigenvalue weighted by atomic mass is 9.57. The van der Waals surface area contributed by atoms with Gasteiger partial charge in [0.1, 0.15) is 23.0 Å². The summed E-state index contributed by atoms with van der Waals surface area (Å²) in [6.45, 7) is 0. The van der Waals surface area contributed by atoms with Crippen LogP contribution in [0.4, 0.5) is 0 Å². The second kappa shape index (κ2) is 11.2. The number of allylic oxidation sites excluding steroid dienone is 4. The fraction of sp³-hybridized carbons (Fsp3) is 0.0612. The summed E-state index contributed by atoms with van der Waals surface area (Å²) < 4.78 is 16.2. The minimum Gasteiger partial charge on any atom is -0.461 e. The summed E-state index contributed by atoms with van der Waals surface area (Å²) in [7, 11) is 0. The number of para-hydroxylation sites is 4. The number of benzene rings is 7. The van der Waals surface area contributed by atoms with E-state index >= 15 is 0 Å². The molecule has 2 unspecified atom stereocenters. The summed E-state index contributed by atoms with van der Waals surface area (Å²) in [5.74, 6) is 3.71. The highest BCUT2D eigenvalue weighted by Crippen LogP contribution is 2.63. The first-order chi connectivity index (χ1) is 25.8. The van der Waals surface area contributed by atoms with Crippen molar-refractivity contribution in [3.05, 3.63) is 204 Å². The van der Waals surface area contributed by atoms with Crippen LogP contribution in [0, 0.1) is 5.92 Å². The minimum absolute atomic E-state index is 0.0614. The summed E-state index contributed by atoms with van der Waals surface area (Å²) in [6.07, 6.45) is 7.41. The molecule has 3 nitrogen and oxygen atoms in total. The summed E-state index contributed by atoms with van der Waals surface area (Å²) in [5.41, 5.74) is 11.1. The molecule has 52 heavy (non-hydrogen) atoms. The highest BCUT2D eigenvalue weighted by Gasteiger charge is 2.54. The second-order valence-corrected chi connectivity index (χ2v) is 14.0. The molecular formula is C49H33NO2. The van der Waals surface area contributed by atoms with Crippen LogP contribution in [0.5, 0.6) is 17.2 Å². The number of hydrogen-bond donors (Lipinski definition) is 0. The molecule has 1 aromatic heterocycles. The van der Waals surface area contributed by atoms with Gasteiger partial charge in [0.25, 0.3) is 0 Å². The first-order valence-corrected chi connectivity index (χ1v) is 18.0. The van der Waals surface area contributed by atoms with Gasteiger partial charge in [-0.1, -0.05) is 140 Å². The maximum atomic E-state index is 7.12. The largest absolute Gasteiger partial charge is 0.461 e. The second-order valence-electron chi connectivity index (χ2n) is 14.0. The molecule has 0 saturated heterocycles. The average molecular weight is 668 g/mol. The van der Waals surface area contributed by atoms with Gasteiger partial charge in [-0.05, 0) is 65.6 Å². The Hall–Kier alpha value is -6.58. The van der Waals surface area contributed by atoms with Crippen molar-refractivity contribution in [1.29, 1.82) is 0 Å². The van der Waals surface area contributed by atoms with E-state index in [0.717, 1.165) is 62.9 Å². The molecule has 0 N–H and O–H groups in total. The van der Waals surface area contributed by atoms with Gasteiger partial charge in [0.15, 0.2) is 0 Å². The molecule has 1 spiro atoms. The van der Waals surface area contributed by atoms with Gasteiger partial charge >= 0.3 is 0 Å². The average Bonchev–Trinajstić information content (AvgIpc) is 3.56. The van der Waals surface area contributed by atoms with Gasteiger partial charge in [0.05, 0.1) is 16.4 Å². The lowest BCUT2D eigenvalue weighted by Gasteiger charge is -2.50. The molecule has 2 atom stereocenters. The van der Waals surface area contributed by atoms with Crippen LogP contribution in [0.25, 0.3) is 49.7 Å². The Balaban J connectivity index is 1.19. The van der Waals surface area contributed by atoms with E-state index in [9.17, 15) is 0 Å². The predicted octanol–water partition coefficient (Wildman–Crippen LogP) is 12.4. The minimum atomic E-state index is -0.521. The number of rotatable bonds is 3. The van der Waals surface area contributed by atoms with E-state index in [4.69, 9.17) is 9.47 Å². The van der Waals surface area contributed by atoms with Crippen molar-refractivity contribution in [3.63, 3.8) is 0 Å². The van der Waals surface area contributed by atoms with Crippen molar-refractivity contribution in [1.82, 2.24) is 4.57 Å². The smallest absolute Gasteiger partial charge is 0.132 e. The molecule has 0 bridgehead atoms. The van der Waals surface area contributed by atoms with Crippen molar-refractivity contribution in [2.45, 2.75) is 11.8 Å². The topological polar surface area (TPSA) is 23.4 Å². The molecule has 2 aliphatic heterocycles. The molecule has 7 aromatic carbocycles. The Kier molecular flexibility index (Phi) is 6.29. The van der Waals surface area contributed by atoms with E-state index in [-0.39, 0.29) is 5.92 Å². The quantitative estimate of drug-likeness (QED) is 0.187. The van der Waals surface area contributed by atoms with Gasteiger partial charge in [-0.3, -0.25) is 0 Å². The number of ether oxygens (including phenoxy) is 2. The summed E-state index contributed by atoms with van der Waals surface area (Å²) >= 11 is 0. The fourth-order valence-corrected chi connectivity index (χ4v) is 9.17. The molecule has 11 rings (SSSR count). The molecule has 0 amide bonds. The lowest BCUT2D eigenvalue weighted by molar-refractivity contribution is 0.237. The zero-order valence-electron chi connectivity index (χ0n) is 28.4. The Morgan fingerprint density at radius 2 is 1.19 bits per heavy atom. The van der Waals surface area contributed by atoms with E-state index in [2.05, 4.69) is 187 Å². The van der Waals surface area contributed by atoms with Crippen molar-refractivity contribution >= 4 is 21.8 Å². The van der Waals surface area contributed by atoms with Crippen LogP contribution < -0.4 is 9.47 Å². The lowest BCUT2D eigenvalue weighted by Crippen LogP contribution is -2.45. The molecule has 246 valence electrons. The third-order valence-electron chi connectivity index (χ3n) is 11.3. The number of hydrogen-bond acceptors (Lipinski definition) is 2. The molecule has 8 aromatic rings. The Bertz CT molecular complexity index is 2770.